The monoisotopic (exact) mass is 295 g/mol. The smallest absolute Gasteiger partial charge is 0.183 e. The number of halogens is 1. The molecule has 20 heavy (non-hydrogen) atoms. The van der Waals surface area contributed by atoms with Crippen molar-refractivity contribution in [1.29, 1.82) is 0 Å². The van der Waals surface area contributed by atoms with Crippen LogP contribution in [0.25, 0.3) is 11.4 Å². The van der Waals surface area contributed by atoms with Crippen LogP contribution in [0.1, 0.15) is 19.9 Å². The van der Waals surface area contributed by atoms with E-state index in [4.69, 9.17) is 22.1 Å². The summed E-state index contributed by atoms with van der Waals surface area (Å²) in [5, 5.41) is 12.5. The fourth-order valence-corrected chi connectivity index (χ4v) is 2.30. The highest BCUT2D eigenvalue weighted by atomic mass is 35.5. The molecule has 0 aliphatic carbocycles. The van der Waals surface area contributed by atoms with Crippen molar-refractivity contribution in [3.63, 3.8) is 0 Å². The predicted molar refractivity (Wildman–Crippen MR) is 78.4 cm³/mol. The minimum absolute atomic E-state index is 0.0404. The van der Waals surface area contributed by atoms with E-state index in [0.717, 1.165) is 5.56 Å². The van der Waals surface area contributed by atoms with Gasteiger partial charge < -0.3 is 10.5 Å². The lowest BCUT2D eigenvalue weighted by molar-refractivity contribution is 0.126. The van der Waals surface area contributed by atoms with Crippen molar-refractivity contribution in [2.45, 2.75) is 19.9 Å². The summed E-state index contributed by atoms with van der Waals surface area (Å²) in [5.41, 5.74) is 7.08. The third-order valence-electron chi connectivity index (χ3n) is 3.15. The number of hydrogen-bond acceptors (Lipinski definition) is 5. The molecule has 0 saturated heterocycles. The average molecular weight is 296 g/mol. The van der Waals surface area contributed by atoms with E-state index in [1.165, 1.54) is 0 Å². The number of benzene rings is 1. The SMILES string of the molecule is COCC(C(C)C)n1nnnc1-c1ccc(N)cc1Cl. The second kappa shape index (κ2) is 6.19. The maximum Gasteiger partial charge on any atom is 0.183 e. The van der Waals surface area contributed by atoms with Gasteiger partial charge in [-0.3, -0.25) is 0 Å². The van der Waals surface area contributed by atoms with Gasteiger partial charge in [0.1, 0.15) is 0 Å². The summed E-state index contributed by atoms with van der Waals surface area (Å²) in [5.74, 6) is 0.940. The molecule has 2 aromatic rings. The van der Waals surface area contributed by atoms with E-state index < -0.39 is 0 Å². The standard InChI is InChI=1S/C13H18ClN5O/c1-8(2)12(7-20-3)19-13(16-17-18-19)10-5-4-9(15)6-11(10)14/h4-6,8,12H,7,15H2,1-3H3. The van der Waals surface area contributed by atoms with Crippen molar-refractivity contribution in [3.05, 3.63) is 23.2 Å². The summed E-state index contributed by atoms with van der Waals surface area (Å²) in [7, 11) is 1.66. The molecule has 2 N–H and O–H groups in total. The molecule has 0 spiro atoms. The van der Waals surface area contributed by atoms with Crippen LogP contribution in [0, 0.1) is 5.92 Å². The maximum atomic E-state index is 6.23. The van der Waals surface area contributed by atoms with E-state index in [1.807, 2.05) is 6.07 Å². The van der Waals surface area contributed by atoms with Crippen molar-refractivity contribution in [1.82, 2.24) is 20.2 Å². The molecule has 1 aromatic heterocycles. The predicted octanol–water partition coefficient (Wildman–Crippen LogP) is 2.42. The van der Waals surface area contributed by atoms with Gasteiger partial charge in [-0.05, 0) is 34.5 Å². The number of hydrogen-bond donors (Lipinski definition) is 1. The first kappa shape index (κ1) is 14.7. The zero-order valence-corrected chi connectivity index (χ0v) is 12.5. The van der Waals surface area contributed by atoms with Crippen LogP contribution in [0.5, 0.6) is 0 Å². The molecule has 0 radical (unpaired) electrons. The zero-order valence-electron chi connectivity index (χ0n) is 11.7. The molecule has 0 fully saturated rings. The molecule has 2 rings (SSSR count). The quantitative estimate of drug-likeness (QED) is 0.857. The Morgan fingerprint density at radius 2 is 2.15 bits per heavy atom. The van der Waals surface area contributed by atoms with Gasteiger partial charge >= 0.3 is 0 Å². The second-order valence-corrected chi connectivity index (χ2v) is 5.36. The van der Waals surface area contributed by atoms with Crippen molar-refractivity contribution >= 4 is 17.3 Å². The highest BCUT2D eigenvalue weighted by Crippen LogP contribution is 2.30. The lowest BCUT2D eigenvalue weighted by atomic mass is 10.0. The Hall–Kier alpha value is -1.66. The topological polar surface area (TPSA) is 78.8 Å². The minimum atomic E-state index is 0.0404. The van der Waals surface area contributed by atoms with Gasteiger partial charge in [0.05, 0.1) is 17.7 Å². The van der Waals surface area contributed by atoms with Crippen LogP contribution < -0.4 is 5.73 Å². The maximum absolute atomic E-state index is 6.23. The fourth-order valence-electron chi connectivity index (χ4n) is 2.02. The number of ether oxygens (including phenoxy) is 1. The van der Waals surface area contributed by atoms with E-state index in [-0.39, 0.29) is 6.04 Å². The Morgan fingerprint density at radius 3 is 2.75 bits per heavy atom. The van der Waals surface area contributed by atoms with E-state index in [2.05, 4.69) is 29.4 Å². The van der Waals surface area contributed by atoms with Gasteiger partial charge in [-0.25, -0.2) is 4.68 Å². The number of nitrogen functional groups attached to an aromatic ring is 1. The molecule has 1 atom stereocenters. The number of anilines is 1. The molecule has 0 aliphatic rings. The molecule has 0 bridgehead atoms. The number of aromatic nitrogens is 4. The molecule has 108 valence electrons. The van der Waals surface area contributed by atoms with Crippen LogP contribution in [-0.4, -0.2) is 33.9 Å². The van der Waals surface area contributed by atoms with Crippen LogP contribution >= 0.6 is 11.6 Å². The number of methoxy groups -OCH3 is 1. The van der Waals surface area contributed by atoms with Crippen LogP contribution in [0.2, 0.25) is 5.02 Å². The molecule has 0 amide bonds. The number of rotatable bonds is 5. The third-order valence-corrected chi connectivity index (χ3v) is 3.46. The van der Waals surface area contributed by atoms with E-state index in [9.17, 15) is 0 Å². The Morgan fingerprint density at radius 1 is 1.40 bits per heavy atom. The van der Waals surface area contributed by atoms with E-state index in [1.54, 1.807) is 23.9 Å². The van der Waals surface area contributed by atoms with Crippen molar-refractivity contribution < 1.29 is 4.74 Å². The van der Waals surface area contributed by atoms with Gasteiger partial charge in [-0.1, -0.05) is 25.4 Å². The molecule has 1 unspecified atom stereocenters. The molecular formula is C13H18ClN5O. The molecule has 0 saturated carbocycles. The van der Waals surface area contributed by atoms with Crippen molar-refractivity contribution in [3.8, 4) is 11.4 Å². The van der Waals surface area contributed by atoms with Crippen LogP contribution in [0.15, 0.2) is 18.2 Å². The summed E-state index contributed by atoms with van der Waals surface area (Å²) in [6.07, 6.45) is 0. The first-order valence-electron chi connectivity index (χ1n) is 6.36. The first-order valence-corrected chi connectivity index (χ1v) is 6.74. The Bertz CT molecular complexity index is 584. The third kappa shape index (κ3) is 2.91. The van der Waals surface area contributed by atoms with Crippen LogP contribution in [0.3, 0.4) is 0 Å². The highest BCUT2D eigenvalue weighted by molar-refractivity contribution is 6.33. The zero-order chi connectivity index (χ0) is 14.7. The fraction of sp³-hybridized carbons (Fsp3) is 0.462. The summed E-state index contributed by atoms with van der Waals surface area (Å²) in [6, 6.07) is 5.33. The van der Waals surface area contributed by atoms with E-state index in [0.29, 0.717) is 29.1 Å². The molecule has 1 aromatic carbocycles. The first-order chi connectivity index (χ1) is 9.54. The van der Waals surface area contributed by atoms with Crippen molar-refractivity contribution in [2.75, 3.05) is 19.5 Å². The Balaban J connectivity index is 2.46. The minimum Gasteiger partial charge on any atom is -0.399 e. The van der Waals surface area contributed by atoms with Crippen LogP contribution in [-0.2, 0) is 4.74 Å². The number of nitrogens with two attached hydrogens (primary N) is 1. The summed E-state index contributed by atoms with van der Waals surface area (Å²) < 4.78 is 7.02. The number of tetrazole rings is 1. The summed E-state index contributed by atoms with van der Waals surface area (Å²) >= 11 is 6.23. The highest BCUT2D eigenvalue weighted by Gasteiger charge is 2.22. The van der Waals surface area contributed by atoms with Gasteiger partial charge in [0.25, 0.3) is 0 Å². The van der Waals surface area contributed by atoms with E-state index >= 15 is 0 Å². The lowest BCUT2D eigenvalue weighted by Crippen LogP contribution is -2.22. The molecule has 1 heterocycles. The summed E-state index contributed by atoms with van der Waals surface area (Å²) in [4.78, 5) is 0. The molecule has 7 heteroatoms. The average Bonchev–Trinajstić information content (AvgIpc) is 2.84. The van der Waals surface area contributed by atoms with Gasteiger partial charge in [-0.15, -0.1) is 5.10 Å². The molecule has 6 nitrogen and oxygen atoms in total. The van der Waals surface area contributed by atoms with Gasteiger partial charge in [0, 0.05) is 18.4 Å². The molecule has 0 aliphatic heterocycles. The molecular weight excluding hydrogens is 278 g/mol. The Kier molecular flexibility index (Phi) is 4.57. The largest absolute Gasteiger partial charge is 0.399 e. The van der Waals surface area contributed by atoms with Gasteiger partial charge in [0.15, 0.2) is 5.82 Å². The van der Waals surface area contributed by atoms with Crippen LogP contribution in [0.4, 0.5) is 5.69 Å². The van der Waals surface area contributed by atoms with Gasteiger partial charge in [-0.2, -0.15) is 0 Å². The van der Waals surface area contributed by atoms with Crippen molar-refractivity contribution in [2.24, 2.45) is 5.92 Å². The Labute approximate surface area is 122 Å². The number of nitrogens with zero attached hydrogens (tertiary/aromatic N) is 4. The normalized spacial score (nSPS) is 12.8. The van der Waals surface area contributed by atoms with Gasteiger partial charge in [0.2, 0.25) is 0 Å². The summed E-state index contributed by atoms with van der Waals surface area (Å²) in [6.45, 7) is 4.72. The lowest BCUT2D eigenvalue weighted by Gasteiger charge is -2.21. The second-order valence-electron chi connectivity index (χ2n) is 4.95.